The van der Waals surface area contributed by atoms with E-state index < -0.39 is 0 Å². The average molecular weight is 214 g/mol. The molecule has 2 aromatic rings. The molecule has 1 aromatic heterocycles. The Hall–Kier alpha value is -0.930. The number of nitrogens with two attached hydrogens (primary N) is 1. The van der Waals surface area contributed by atoms with E-state index in [1.807, 2.05) is 11.4 Å². The topological polar surface area (TPSA) is 35.2 Å². The predicted molar refractivity (Wildman–Crippen MR) is 57.8 cm³/mol. The number of ether oxygens (including phenoxy) is 1. The zero-order valence-corrected chi connectivity index (χ0v) is 8.58. The van der Waals surface area contributed by atoms with E-state index in [1.54, 1.807) is 24.5 Å². The van der Waals surface area contributed by atoms with Gasteiger partial charge in [0.2, 0.25) is 0 Å². The fourth-order valence-electron chi connectivity index (χ4n) is 1.27. The van der Waals surface area contributed by atoms with Crippen LogP contribution in [0.4, 0.5) is 5.69 Å². The maximum Gasteiger partial charge on any atom is 0.159 e. The summed E-state index contributed by atoms with van der Waals surface area (Å²) in [7, 11) is 1.61. The molecule has 0 atom stereocenters. The van der Waals surface area contributed by atoms with Gasteiger partial charge in [-0.25, -0.2) is 0 Å². The number of fused-ring (bicyclic) bond motifs is 1. The number of methoxy groups -OCH3 is 1. The molecule has 2 N–H and O–H groups in total. The van der Waals surface area contributed by atoms with E-state index in [4.69, 9.17) is 22.1 Å². The van der Waals surface area contributed by atoms with Gasteiger partial charge in [0.15, 0.2) is 5.75 Å². The number of halogens is 1. The van der Waals surface area contributed by atoms with Crippen LogP contribution in [0.2, 0.25) is 5.02 Å². The zero-order valence-electron chi connectivity index (χ0n) is 7.00. The summed E-state index contributed by atoms with van der Waals surface area (Å²) in [5.41, 5.74) is 6.39. The third kappa shape index (κ3) is 1.24. The van der Waals surface area contributed by atoms with Gasteiger partial charge in [0.1, 0.15) is 0 Å². The van der Waals surface area contributed by atoms with Gasteiger partial charge in [0.05, 0.1) is 22.5 Å². The lowest BCUT2D eigenvalue weighted by Gasteiger charge is -2.04. The predicted octanol–water partition coefficient (Wildman–Crippen LogP) is 3.15. The van der Waals surface area contributed by atoms with Crippen molar-refractivity contribution in [1.82, 2.24) is 0 Å². The van der Waals surface area contributed by atoms with Crippen LogP contribution in [0.15, 0.2) is 17.5 Å². The van der Waals surface area contributed by atoms with E-state index >= 15 is 0 Å². The standard InChI is InChI=1S/C9H8ClNOS/c1-12-8-7(11)3-2-5-6(10)4-13-9(5)8/h2-4H,11H2,1H3. The lowest BCUT2D eigenvalue weighted by Crippen LogP contribution is -1.91. The van der Waals surface area contributed by atoms with Gasteiger partial charge in [0, 0.05) is 10.8 Å². The van der Waals surface area contributed by atoms with Gasteiger partial charge in [-0.15, -0.1) is 11.3 Å². The number of benzene rings is 1. The first kappa shape index (κ1) is 8.66. The van der Waals surface area contributed by atoms with E-state index in [-0.39, 0.29) is 0 Å². The molecule has 1 aromatic carbocycles. The van der Waals surface area contributed by atoms with Crippen molar-refractivity contribution in [3.05, 3.63) is 22.5 Å². The normalized spacial score (nSPS) is 10.6. The fourth-order valence-corrected chi connectivity index (χ4v) is 2.58. The maximum absolute atomic E-state index is 5.97. The van der Waals surface area contributed by atoms with Crippen molar-refractivity contribution < 1.29 is 4.74 Å². The van der Waals surface area contributed by atoms with Crippen molar-refractivity contribution in [3.8, 4) is 5.75 Å². The van der Waals surface area contributed by atoms with Crippen molar-refractivity contribution in [2.24, 2.45) is 0 Å². The second kappa shape index (κ2) is 3.09. The van der Waals surface area contributed by atoms with Crippen molar-refractivity contribution in [2.45, 2.75) is 0 Å². The lowest BCUT2D eigenvalue weighted by molar-refractivity contribution is 0.422. The molecule has 0 amide bonds. The molecule has 68 valence electrons. The van der Waals surface area contributed by atoms with Gasteiger partial charge >= 0.3 is 0 Å². The summed E-state index contributed by atoms with van der Waals surface area (Å²) in [6.45, 7) is 0. The number of hydrogen-bond donors (Lipinski definition) is 1. The van der Waals surface area contributed by atoms with Crippen LogP contribution in [-0.2, 0) is 0 Å². The Bertz CT molecular complexity index is 452. The van der Waals surface area contributed by atoms with Crippen LogP contribution in [-0.4, -0.2) is 7.11 Å². The molecule has 13 heavy (non-hydrogen) atoms. The van der Waals surface area contributed by atoms with E-state index in [9.17, 15) is 0 Å². The van der Waals surface area contributed by atoms with Crippen LogP contribution >= 0.6 is 22.9 Å². The molecule has 0 aliphatic carbocycles. The first-order chi connectivity index (χ1) is 6.24. The smallest absolute Gasteiger partial charge is 0.159 e. The Morgan fingerprint density at radius 1 is 1.46 bits per heavy atom. The summed E-state index contributed by atoms with van der Waals surface area (Å²) in [6.07, 6.45) is 0. The molecule has 0 aliphatic heterocycles. The number of hydrogen-bond acceptors (Lipinski definition) is 3. The summed E-state index contributed by atoms with van der Waals surface area (Å²) in [5.74, 6) is 0.717. The third-order valence-electron chi connectivity index (χ3n) is 1.88. The molecule has 0 fully saturated rings. The first-order valence-corrected chi connectivity index (χ1v) is 4.99. The van der Waals surface area contributed by atoms with Crippen LogP contribution in [0.25, 0.3) is 10.1 Å². The second-order valence-corrected chi connectivity index (χ2v) is 3.94. The molecular formula is C9H8ClNOS. The molecule has 1 heterocycles. The highest BCUT2D eigenvalue weighted by molar-refractivity contribution is 7.18. The monoisotopic (exact) mass is 213 g/mol. The van der Waals surface area contributed by atoms with Crippen molar-refractivity contribution in [1.29, 1.82) is 0 Å². The molecule has 4 heteroatoms. The first-order valence-electron chi connectivity index (χ1n) is 3.73. The van der Waals surface area contributed by atoms with Crippen molar-refractivity contribution >= 4 is 38.7 Å². The van der Waals surface area contributed by atoms with Gasteiger partial charge in [-0.3, -0.25) is 0 Å². The second-order valence-electron chi connectivity index (χ2n) is 2.65. The molecule has 2 rings (SSSR count). The Morgan fingerprint density at radius 3 is 2.92 bits per heavy atom. The molecule has 0 unspecified atom stereocenters. The molecular weight excluding hydrogens is 206 g/mol. The summed E-state index contributed by atoms with van der Waals surface area (Å²) < 4.78 is 6.21. The summed E-state index contributed by atoms with van der Waals surface area (Å²) in [5, 5.41) is 3.63. The molecule has 0 saturated heterocycles. The Morgan fingerprint density at radius 2 is 2.23 bits per heavy atom. The van der Waals surface area contributed by atoms with Crippen LogP contribution in [0.5, 0.6) is 5.75 Å². The summed E-state index contributed by atoms with van der Waals surface area (Å²) in [4.78, 5) is 0. The highest BCUT2D eigenvalue weighted by Crippen LogP contribution is 2.39. The lowest BCUT2D eigenvalue weighted by atomic mass is 10.2. The molecule has 2 nitrogen and oxygen atoms in total. The third-order valence-corrected chi connectivity index (χ3v) is 3.32. The molecule has 0 spiro atoms. The van der Waals surface area contributed by atoms with Crippen LogP contribution in [0.3, 0.4) is 0 Å². The van der Waals surface area contributed by atoms with Crippen LogP contribution < -0.4 is 10.5 Å². The molecule has 0 aliphatic rings. The van der Waals surface area contributed by atoms with E-state index in [0.29, 0.717) is 5.69 Å². The minimum Gasteiger partial charge on any atom is -0.493 e. The summed E-state index contributed by atoms with van der Waals surface area (Å²) >= 11 is 7.51. The average Bonchev–Trinajstić information content (AvgIpc) is 2.48. The highest BCUT2D eigenvalue weighted by atomic mass is 35.5. The van der Waals surface area contributed by atoms with E-state index in [1.165, 1.54) is 0 Å². The van der Waals surface area contributed by atoms with Crippen molar-refractivity contribution in [3.63, 3.8) is 0 Å². The van der Waals surface area contributed by atoms with Gasteiger partial charge in [-0.05, 0) is 12.1 Å². The zero-order chi connectivity index (χ0) is 9.42. The van der Waals surface area contributed by atoms with Gasteiger partial charge < -0.3 is 10.5 Å². The number of nitrogen functional groups attached to an aromatic ring is 1. The largest absolute Gasteiger partial charge is 0.493 e. The highest BCUT2D eigenvalue weighted by Gasteiger charge is 2.09. The molecule has 0 radical (unpaired) electrons. The Balaban J connectivity index is 2.85. The number of anilines is 1. The van der Waals surface area contributed by atoms with E-state index in [2.05, 4.69) is 0 Å². The maximum atomic E-state index is 5.97. The van der Waals surface area contributed by atoms with E-state index in [0.717, 1.165) is 20.9 Å². The molecule has 0 saturated carbocycles. The Labute approximate surface area is 84.9 Å². The number of thiophene rings is 1. The van der Waals surface area contributed by atoms with Crippen LogP contribution in [0.1, 0.15) is 0 Å². The SMILES string of the molecule is COc1c(N)ccc2c(Cl)csc12. The van der Waals surface area contributed by atoms with Gasteiger partial charge in [0.25, 0.3) is 0 Å². The number of rotatable bonds is 1. The summed E-state index contributed by atoms with van der Waals surface area (Å²) in [6, 6.07) is 3.71. The van der Waals surface area contributed by atoms with Gasteiger partial charge in [-0.2, -0.15) is 0 Å². The van der Waals surface area contributed by atoms with Gasteiger partial charge in [-0.1, -0.05) is 11.6 Å². The minimum atomic E-state index is 0.647. The van der Waals surface area contributed by atoms with Crippen molar-refractivity contribution in [2.75, 3.05) is 12.8 Å². The Kier molecular flexibility index (Phi) is 2.06. The fraction of sp³-hybridized carbons (Fsp3) is 0.111. The quantitative estimate of drug-likeness (QED) is 0.739. The minimum absolute atomic E-state index is 0.647. The van der Waals surface area contributed by atoms with Crippen LogP contribution in [0, 0.1) is 0 Å². The molecule has 0 bridgehead atoms.